The third-order valence-corrected chi connectivity index (χ3v) is 3.28. The third kappa shape index (κ3) is 3.30. The molecule has 1 amide bonds. The Kier molecular flexibility index (Phi) is 3.86. The summed E-state index contributed by atoms with van der Waals surface area (Å²) >= 11 is 0. The molecule has 0 radical (unpaired) electrons. The molecule has 22 heavy (non-hydrogen) atoms. The predicted molar refractivity (Wildman–Crippen MR) is 79.3 cm³/mol. The first-order valence-electron chi connectivity index (χ1n) is 6.88. The van der Waals surface area contributed by atoms with E-state index >= 15 is 0 Å². The molecule has 7 heteroatoms. The normalized spacial score (nSPS) is 14.4. The molecule has 1 aromatic heterocycles. The minimum absolute atomic E-state index is 0.205. The number of hydrogen-bond donors (Lipinski definition) is 1. The lowest BCUT2D eigenvalue weighted by Gasteiger charge is -2.39. The standard InChI is InChI=1S/C15H15FN4O2/c1-10-17-6-5-14(18-10)20-8-13(9-20)22-15(21)19-12-4-2-3-11(16)7-12/h2-7,13H,8-9H2,1H3,(H,19,21). The van der Waals surface area contributed by atoms with E-state index in [9.17, 15) is 9.18 Å². The Morgan fingerprint density at radius 3 is 2.95 bits per heavy atom. The molecule has 114 valence electrons. The molecule has 1 aromatic carbocycles. The fraction of sp³-hybridized carbons (Fsp3) is 0.267. The Labute approximate surface area is 126 Å². The van der Waals surface area contributed by atoms with Gasteiger partial charge in [-0.05, 0) is 31.2 Å². The Bertz CT molecular complexity index is 689. The van der Waals surface area contributed by atoms with E-state index < -0.39 is 11.9 Å². The van der Waals surface area contributed by atoms with Crippen molar-refractivity contribution in [2.45, 2.75) is 13.0 Å². The van der Waals surface area contributed by atoms with Crippen molar-refractivity contribution in [3.05, 3.63) is 48.2 Å². The molecule has 0 saturated carbocycles. The van der Waals surface area contributed by atoms with Gasteiger partial charge in [0.2, 0.25) is 0 Å². The molecule has 1 fully saturated rings. The van der Waals surface area contributed by atoms with Crippen LogP contribution in [0.1, 0.15) is 5.82 Å². The SMILES string of the molecule is Cc1nccc(N2CC(OC(=O)Nc3cccc(F)c3)C2)n1. The Morgan fingerprint density at radius 1 is 1.41 bits per heavy atom. The zero-order valence-corrected chi connectivity index (χ0v) is 12.0. The lowest BCUT2D eigenvalue weighted by molar-refractivity contribution is 0.0924. The molecule has 0 bridgehead atoms. The van der Waals surface area contributed by atoms with Crippen LogP contribution in [0.2, 0.25) is 0 Å². The van der Waals surface area contributed by atoms with E-state index in [1.54, 1.807) is 12.3 Å². The van der Waals surface area contributed by atoms with E-state index in [1.165, 1.54) is 18.2 Å². The van der Waals surface area contributed by atoms with Gasteiger partial charge in [0.25, 0.3) is 0 Å². The first kappa shape index (κ1) is 14.2. The van der Waals surface area contributed by atoms with Crippen molar-refractivity contribution >= 4 is 17.6 Å². The van der Waals surface area contributed by atoms with Gasteiger partial charge < -0.3 is 9.64 Å². The summed E-state index contributed by atoms with van der Waals surface area (Å²) < 4.78 is 18.3. The fourth-order valence-electron chi connectivity index (χ4n) is 2.18. The molecule has 1 saturated heterocycles. The van der Waals surface area contributed by atoms with Crippen LogP contribution in [0.4, 0.5) is 20.7 Å². The van der Waals surface area contributed by atoms with E-state index in [4.69, 9.17) is 4.74 Å². The van der Waals surface area contributed by atoms with Crippen LogP contribution in [0.25, 0.3) is 0 Å². The van der Waals surface area contributed by atoms with E-state index in [-0.39, 0.29) is 6.10 Å². The van der Waals surface area contributed by atoms with Crippen molar-refractivity contribution < 1.29 is 13.9 Å². The Hall–Kier alpha value is -2.70. The summed E-state index contributed by atoms with van der Waals surface area (Å²) in [7, 11) is 0. The van der Waals surface area contributed by atoms with E-state index in [2.05, 4.69) is 15.3 Å². The van der Waals surface area contributed by atoms with Crippen LogP contribution in [0.3, 0.4) is 0 Å². The second-order valence-corrected chi connectivity index (χ2v) is 5.03. The number of halogens is 1. The fourth-order valence-corrected chi connectivity index (χ4v) is 2.18. The first-order valence-corrected chi connectivity index (χ1v) is 6.88. The number of ether oxygens (including phenoxy) is 1. The van der Waals surface area contributed by atoms with Gasteiger partial charge in [-0.1, -0.05) is 6.07 Å². The molecule has 0 atom stereocenters. The predicted octanol–water partition coefficient (Wildman–Crippen LogP) is 2.36. The number of anilines is 2. The van der Waals surface area contributed by atoms with Crippen molar-refractivity contribution in [2.75, 3.05) is 23.3 Å². The highest BCUT2D eigenvalue weighted by atomic mass is 19.1. The van der Waals surface area contributed by atoms with Gasteiger partial charge in [-0.3, -0.25) is 5.32 Å². The van der Waals surface area contributed by atoms with Crippen LogP contribution in [0, 0.1) is 12.7 Å². The van der Waals surface area contributed by atoms with Gasteiger partial charge in [-0.25, -0.2) is 19.2 Å². The van der Waals surface area contributed by atoms with Crippen LogP contribution in [0.5, 0.6) is 0 Å². The highest BCUT2D eigenvalue weighted by Gasteiger charge is 2.31. The summed E-state index contributed by atoms with van der Waals surface area (Å²) in [5.41, 5.74) is 0.368. The van der Waals surface area contributed by atoms with Crippen molar-refractivity contribution in [1.82, 2.24) is 9.97 Å². The molecule has 1 aliphatic heterocycles. The number of rotatable bonds is 3. The van der Waals surface area contributed by atoms with Crippen LogP contribution in [-0.2, 0) is 4.74 Å². The van der Waals surface area contributed by atoms with Crippen molar-refractivity contribution in [3.8, 4) is 0 Å². The molecule has 6 nitrogen and oxygen atoms in total. The van der Waals surface area contributed by atoms with Gasteiger partial charge in [0.05, 0.1) is 13.1 Å². The molecule has 2 heterocycles. The van der Waals surface area contributed by atoms with Crippen LogP contribution < -0.4 is 10.2 Å². The Balaban J connectivity index is 1.48. The molecule has 2 aromatic rings. The van der Waals surface area contributed by atoms with Crippen molar-refractivity contribution in [3.63, 3.8) is 0 Å². The summed E-state index contributed by atoms with van der Waals surface area (Å²) in [6.45, 7) is 2.98. The number of amides is 1. The van der Waals surface area contributed by atoms with E-state index in [1.807, 2.05) is 17.9 Å². The molecular weight excluding hydrogens is 287 g/mol. The highest BCUT2D eigenvalue weighted by Crippen LogP contribution is 2.20. The van der Waals surface area contributed by atoms with Crippen LogP contribution in [-0.4, -0.2) is 35.3 Å². The van der Waals surface area contributed by atoms with Crippen LogP contribution >= 0.6 is 0 Å². The number of aryl methyl sites for hydroxylation is 1. The number of benzene rings is 1. The van der Waals surface area contributed by atoms with Gasteiger partial charge in [0.15, 0.2) is 0 Å². The van der Waals surface area contributed by atoms with Gasteiger partial charge in [-0.2, -0.15) is 0 Å². The number of carbonyl (C=O) groups excluding carboxylic acids is 1. The number of aromatic nitrogens is 2. The summed E-state index contributed by atoms with van der Waals surface area (Å²) in [6.07, 6.45) is 0.903. The molecular formula is C15H15FN4O2. The number of nitrogens with one attached hydrogen (secondary N) is 1. The monoisotopic (exact) mass is 302 g/mol. The maximum absolute atomic E-state index is 13.0. The smallest absolute Gasteiger partial charge is 0.412 e. The number of carbonyl (C=O) groups is 1. The zero-order chi connectivity index (χ0) is 15.5. The van der Waals surface area contributed by atoms with Crippen LogP contribution in [0.15, 0.2) is 36.5 Å². The topological polar surface area (TPSA) is 67.4 Å². The Morgan fingerprint density at radius 2 is 2.23 bits per heavy atom. The van der Waals surface area contributed by atoms with E-state index in [0.29, 0.717) is 24.6 Å². The second kappa shape index (κ2) is 5.97. The third-order valence-electron chi connectivity index (χ3n) is 3.28. The quantitative estimate of drug-likeness (QED) is 0.942. The largest absolute Gasteiger partial charge is 0.442 e. The molecule has 1 N–H and O–H groups in total. The molecule has 0 unspecified atom stereocenters. The molecule has 0 aliphatic carbocycles. The average Bonchev–Trinajstić information content (AvgIpc) is 2.42. The lowest BCUT2D eigenvalue weighted by atomic mass is 10.1. The van der Waals surface area contributed by atoms with Gasteiger partial charge in [0, 0.05) is 11.9 Å². The summed E-state index contributed by atoms with van der Waals surface area (Å²) in [6, 6.07) is 7.48. The minimum Gasteiger partial charge on any atom is -0.442 e. The average molecular weight is 302 g/mol. The second-order valence-electron chi connectivity index (χ2n) is 5.03. The van der Waals surface area contributed by atoms with Gasteiger partial charge >= 0.3 is 6.09 Å². The first-order chi connectivity index (χ1) is 10.6. The number of hydrogen-bond acceptors (Lipinski definition) is 5. The summed E-state index contributed by atoms with van der Waals surface area (Å²) in [5.74, 6) is 1.11. The maximum atomic E-state index is 13.0. The van der Waals surface area contributed by atoms with Crippen molar-refractivity contribution in [1.29, 1.82) is 0 Å². The summed E-state index contributed by atoms with van der Waals surface area (Å²) in [5, 5.41) is 2.50. The maximum Gasteiger partial charge on any atom is 0.412 e. The molecule has 1 aliphatic rings. The molecule has 0 spiro atoms. The zero-order valence-electron chi connectivity index (χ0n) is 12.0. The van der Waals surface area contributed by atoms with E-state index in [0.717, 1.165) is 5.82 Å². The minimum atomic E-state index is -0.589. The molecule has 3 rings (SSSR count). The van der Waals surface area contributed by atoms with Gasteiger partial charge in [-0.15, -0.1) is 0 Å². The lowest BCUT2D eigenvalue weighted by Crippen LogP contribution is -2.53. The highest BCUT2D eigenvalue weighted by molar-refractivity contribution is 5.84. The summed E-state index contributed by atoms with van der Waals surface area (Å²) in [4.78, 5) is 22.1. The van der Waals surface area contributed by atoms with Gasteiger partial charge in [0.1, 0.15) is 23.6 Å². The number of nitrogens with zero attached hydrogens (tertiary/aromatic N) is 3. The van der Waals surface area contributed by atoms with Crippen molar-refractivity contribution in [2.24, 2.45) is 0 Å².